The molecule has 0 spiro atoms. The normalized spacial score (nSPS) is 9.90. The second-order valence-electron chi connectivity index (χ2n) is 4.61. The molecule has 0 saturated carbocycles. The molecule has 0 radical (unpaired) electrons. The Bertz CT molecular complexity index is 676. The zero-order chi connectivity index (χ0) is 15.2. The van der Waals surface area contributed by atoms with Crippen LogP contribution in [0.2, 0.25) is 0 Å². The first-order chi connectivity index (χ1) is 10.1. The molecular formula is C16H16N4O. The summed E-state index contributed by atoms with van der Waals surface area (Å²) in [4.78, 5) is 18.4. The average Bonchev–Trinajstić information content (AvgIpc) is 2.48. The van der Waals surface area contributed by atoms with Gasteiger partial charge < -0.3 is 10.6 Å². The van der Waals surface area contributed by atoms with Gasteiger partial charge in [0, 0.05) is 29.8 Å². The van der Waals surface area contributed by atoms with Crippen molar-refractivity contribution in [2.45, 2.75) is 13.3 Å². The molecule has 0 unspecified atom stereocenters. The van der Waals surface area contributed by atoms with Crippen molar-refractivity contribution in [1.29, 1.82) is 5.26 Å². The van der Waals surface area contributed by atoms with Crippen molar-refractivity contribution in [3.63, 3.8) is 0 Å². The molecule has 1 amide bonds. The summed E-state index contributed by atoms with van der Waals surface area (Å²) in [5.41, 5.74) is 8.15. The summed E-state index contributed by atoms with van der Waals surface area (Å²) in [5, 5.41) is 8.78. The van der Waals surface area contributed by atoms with Crippen molar-refractivity contribution in [1.82, 2.24) is 4.98 Å². The topological polar surface area (TPSA) is 83.0 Å². The van der Waals surface area contributed by atoms with Gasteiger partial charge in [0.2, 0.25) is 0 Å². The minimum Gasteiger partial charge on any atom is -0.398 e. The van der Waals surface area contributed by atoms with Gasteiger partial charge in [-0.05, 0) is 25.1 Å². The highest BCUT2D eigenvalue weighted by Crippen LogP contribution is 2.20. The van der Waals surface area contributed by atoms with Crippen molar-refractivity contribution in [2.24, 2.45) is 0 Å². The first kappa shape index (κ1) is 14.5. The molecule has 1 heterocycles. The van der Waals surface area contributed by atoms with Crippen LogP contribution in [0.15, 0.2) is 42.6 Å². The lowest BCUT2D eigenvalue weighted by atomic mass is 10.1. The first-order valence-corrected chi connectivity index (χ1v) is 6.59. The van der Waals surface area contributed by atoms with Gasteiger partial charge in [-0.3, -0.25) is 9.78 Å². The van der Waals surface area contributed by atoms with Crippen LogP contribution in [0.25, 0.3) is 0 Å². The van der Waals surface area contributed by atoms with Crippen molar-refractivity contribution < 1.29 is 4.79 Å². The van der Waals surface area contributed by atoms with Crippen LogP contribution in [0, 0.1) is 18.3 Å². The van der Waals surface area contributed by atoms with Crippen molar-refractivity contribution in [3.8, 4) is 6.07 Å². The fourth-order valence-corrected chi connectivity index (χ4v) is 2.02. The average molecular weight is 280 g/mol. The predicted octanol–water partition coefficient (Wildman–Crippen LogP) is 2.53. The zero-order valence-corrected chi connectivity index (χ0v) is 11.8. The lowest BCUT2D eigenvalue weighted by Crippen LogP contribution is -2.32. The Morgan fingerprint density at radius 2 is 2.10 bits per heavy atom. The molecule has 5 nitrogen and oxygen atoms in total. The molecule has 0 saturated heterocycles. The molecule has 1 aromatic carbocycles. The van der Waals surface area contributed by atoms with Gasteiger partial charge in [0.15, 0.2) is 0 Å². The molecule has 106 valence electrons. The first-order valence-electron chi connectivity index (χ1n) is 6.59. The Balaban J connectivity index is 2.37. The van der Waals surface area contributed by atoms with E-state index in [1.54, 1.807) is 11.0 Å². The van der Waals surface area contributed by atoms with E-state index in [-0.39, 0.29) is 12.3 Å². The highest BCUT2D eigenvalue weighted by Gasteiger charge is 2.19. The van der Waals surface area contributed by atoms with E-state index in [1.165, 1.54) is 6.20 Å². The number of hydrogen-bond donors (Lipinski definition) is 1. The molecule has 0 bridgehead atoms. The third-order valence-corrected chi connectivity index (χ3v) is 3.06. The number of nitrogens with zero attached hydrogens (tertiary/aromatic N) is 3. The summed E-state index contributed by atoms with van der Waals surface area (Å²) < 4.78 is 0. The minimum atomic E-state index is -0.249. The molecule has 2 rings (SSSR count). The number of benzene rings is 1. The highest BCUT2D eigenvalue weighted by atomic mass is 16.2. The van der Waals surface area contributed by atoms with Crippen LogP contribution in [0.1, 0.15) is 22.5 Å². The number of nitrogen functional groups attached to an aromatic ring is 1. The van der Waals surface area contributed by atoms with Crippen molar-refractivity contribution in [3.05, 3.63) is 53.9 Å². The maximum Gasteiger partial charge on any atom is 0.261 e. The lowest BCUT2D eigenvalue weighted by molar-refractivity contribution is 0.0988. The zero-order valence-electron chi connectivity index (χ0n) is 11.8. The van der Waals surface area contributed by atoms with Gasteiger partial charge in [-0.15, -0.1) is 0 Å². The van der Waals surface area contributed by atoms with Gasteiger partial charge in [0.1, 0.15) is 0 Å². The second kappa shape index (κ2) is 6.53. The molecule has 1 aromatic heterocycles. The number of anilines is 2. The number of nitrogens with two attached hydrogens (primary N) is 1. The van der Waals surface area contributed by atoms with Gasteiger partial charge in [-0.1, -0.05) is 18.2 Å². The SMILES string of the molecule is Cc1cc(N)c(C(=O)N(CCC#N)c2ccccc2)cn1. The van der Waals surface area contributed by atoms with Crippen LogP contribution in [-0.4, -0.2) is 17.4 Å². The molecule has 21 heavy (non-hydrogen) atoms. The molecule has 2 aromatic rings. The van der Waals surface area contributed by atoms with E-state index < -0.39 is 0 Å². The largest absolute Gasteiger partial charge is 0.398 e. The van der Waals surface area contributed by atoms with Gasteiger partial charge in [-0.2, -0.15) is 5.26 Å². The number of pyridine rings is 1. The van der Waals surface area contributed by atoms with Crippen LogP contribution in [0.3, 0.4) is 0 Å². The van der Waals surface area contributed by atoms with E-state index in [4.69, 9.17) is 11.0 Å². The highest BCUT2D eigenvalue weighted by molar-refractivity contribution is 6.09. The van der Waals surface area contributed by atoms with Crippen molar-refractivity contribution in [2.75, 3.05) is 17.2 Å². The minimum absolute atomic E-state index is 0.249. The van der Waals surface area contributed by atoms with E-state index in [2.05, 4.69) is 11.1 Å². The Kier molecular flexibility index (Phi) is 4.52. The fraction of sp³-hybridized carbons (Fsp3) is 0.188. The standard InChI is InChI=1S/C16H16N4O/c1-12-10-15(18)14(11-19-12)16(21)20(9-5-8-17)13-6-3-2-4-7-13/h2-4,6-7,10-11H,5,9H2,1H3,(H2,18,19). The number of aromatic nitrogens is 1. The summed E-state index contributed by atoms with van der Waals surface area (Å²) in [7, 11) is 0. The Morgan fingerprint density at radius 1 is 1.38 bits per heavy atom. The number of rotatable bonds is 4. The molecule has 0 aliphatic rings. The molecule has 5 heteroatoms. The molecule has 0 aliphatic heterocycles. The van der Waals surface area contributed by atoms with E-state index in [1.807, 2.05) is 37.3 Å². The summed E-state index contributed by atoms with van der Waals surface area (Å²) in [5.74, 6) is -0.249. The monoisotopic (exact) mass is 280 g/mol. The third kappa shape index (κ3) is 3.37. The van der Waals surface area contributed by atoms with Crippen LogP contribution in [0.5, 0.6) is 0 Å². The van der Waals surface area contributed by atoms with Gasteiger partial charge >= 0.3 is 0 Å². The Labute approximate surface area is 123 Å². The molecule has 0 atom stereocenters. The van der Waals surface area contributed by atoms with Gasteiger partial charge in [0.25, 0.3) is 5.91 Å². The van der Waals surface area contributed by atoms with Crippen LogP contribution in [0.4, 0.5) is 11.4 Å². The number of amides is 1. The van der Waals surface area contributed by atoms with Crippen LogP contribution in [-0.2, 0) is 0 Å². The van der Waals surface area contributed by atoms with E-state index >= 15 is 0 Å². The summed E-state index contributed by atoms with van der Waals surface area (Å²) in [6.45, 7) is 2.13. The van der Waals surface area contributed by atoms with E-state index in [0.29, 0.717) is 17.8 Å². The van der Waals surface area contributed by atoms with Crippen LogP contribution >= 0.6 is 0 Å². The molecule has 2 N–H and O–H groups in total. The van der Waals surface area contributed by atoms with Crippen molar-refractivity contribution >= 4 is 17.3 Å². The number of para-hydroxylation sites is 1. The smallest absolute Gasteiger partial charge is 0.261 e. The number of carbonyl (C=O) groups is 1. The number of aryl methyl sites for hydroxylation is 1. The van der Waals surface area contributed by atoms with E-state index in [9.17, 15) is 4.79 Å². The fourth-order valence-electron chi connectivity index (χ4n) is 2.02. The quantitative estimate of drug-likeness (QED) is 0.932. The maximum atomic E-state index is 12.7. The summed E-state index contributed by atoms with van der Waals surface area (Å²) in [6.07, 6.45) is 1.73. The summed E-state index contributed by atoms with van der Waals surface area (Å²) in [6, 6.07) is 12.9. The Morgan fingerprint density at radius 3 is 2.71 bits per heavy atom. The predicted molar refractivity (Wildman–Crippen MR) is 81.7 cm³/mol. The van der Waals surface area contributed by atoms with Crippen LogP contribution < -0.4 is 10.6 Å². The third-order valence-electron chi connectivity index (χ3n) is 3.06. The summed E-state index contributed by atoms with van der Waals surface area (Å²) >= 11 is 0. The maximum absolute atomic E-state index is 12.7. The number of nitriles is 1. The molecular weight excluding hydrogens is 264 g/mol. The molecule has 0 aliphatic carbocycles. The number of carbonyl (C=O) groups excluding carboxylic acids is 1. The second-order valence-corrected chi connectivity index (χ2v) is 4.61. The van der Waals surface area contributed by atoms with Gasteiger partial charge in [0.05, 0.1) is 18.1 Å². The molecule has 0 fully saturated rings. The Hall–Kier alpha value is -2.87. The van der Waals surface area contributed by atoms with Gasteiger partial charge in [-0.25, -0.2) is 0 Å². The number of hydrogen-bond acceptors (Lipinski definition) is 4. The van der Waals surface area contributed by atoms with E-state index in [0.717, 1.165) is 11.4 Å². The lowest BCUT2D eigenvalue weighted by Gasteiger charge is -2.22.